The average molecular weight is 418 g/mol. The minimum atomic E-state index is 0.639. The van der Waals surface area contributed by atoms with Crippen LogP contribution in [0.4, 0.5) is 0 Å². The quantitative estimate of drug-likeness (QED) is 0.264. The van der Waals surface area contributed by atoms with E-state index in [9.17, 15) is 0 Å². The van der Waals surface area contributed by atoms with Crippen molar-refractivity contribution in [1.82, 2.24) is 4.98 Å². The highest BCUT2D eigenvalue weighted by molar-refractivity contribution is 6.31. The summed E-state index contributed by atoms with van der Waals surface area (Å²) in [6.07, 6.45) is 5.88. The van der Waals surface area contributed by atoms with Crippen molar-refractivity contribution in [2.45, 2.75) is 19.4 Å². The first-order chi connectivity index (χ1) is 14.8. The van der Waals surface area contributed by atoms with Gasteiger partial charge in [0.2, 0.25) is 0 Å². The number of benzene rings is 3. The number of hydrogen-bond donors (Lipinski definition) is 1. The number of nitrogens with one attached hydrogen (secondary N) is 1. The molecule has 0 aliphatic carbocycles. The number of aryl methyl sites for hydroxylation is 1. The molecule has 5 aromatic rings. The number of ether oxygens (including phenoxy) is 1. The van der Waals surface area contributed by atoms with Crippen molar-refractivity contribution in [3.05, 3.63) is 95.5 Å². The number of aromatic nitrogens is 2. The molecule has 0 atom stereocenters. The monoisotopic (exact) mass is 417 g/mol. The fourth-order valence-electron chi connectivity index (χ4n) is 3.79. The van der Waals surface area contributed by atoms with E-state index in [1.54, 1.807) is 0 Å². The van der Waals surface area contributed by atoms with Crippen molar-refractivity contribution in [2.75, 3.05) is 6.61 Å². The van der Waals surface area contributed by atoms with Crippen molar-refractivity contribution in [2.24, 2.45) is 0 Å². The summed E-state index contributed by atoms with van der Waals surface area (Å²) in [6.45, 7) is 1.54. The van der Waals surface area contributed by atoms with E-state index < -0.39 is 0 Å². The summed E-state index contributed by atoms with van der Waals surface area (Å²) in [5, 5.41) is 2.81. The Hall–Kier alpha value is -3.24. The molecule has 3 aromatic carbocycles. The van der Waals surface area contributed by atoms with E-state index in [0.29, 0.717) is 11.6 Å². The molecule has 30 heavy (non-hydrogen) atoms. The largest absolute Gasteiger partial charge is 0.493 e. The maximum atomic E-state index is 6.07. The molecule has 0 aliphatic heterocycles. The smallest absolute Gasteiger partial charge is 0.258 e. The van der Waals surface area contributed by atoms with Gasteiger partial charge in [-0.1, -0.05) is 41.9 Å². The Labute approximate surface area is 179 Å². The molecule has 5 heteroatoms. The van der Waals surface area contributed by atoms with Crippen LogP contribution in [-0.4, -0.2) is 11.6 Å². The van der Waals surface area contributed by atoms with Gasteiger partial charge in [0.25, 0.3) is 5.82 Å². The van der Waals surface area contributed by atoms with E-state index in [0.717, 1.165) is 47.1 Å². The molecule has 2 heterocycles. The Kier molecular flexibility index (Phi) is 5.16. The van der Waals surface area contributed by atoms with Gasteiger partial charge in [-0.05, 0) is 29.8 Å². The molecule has 2 aromatic heterocycles. The van der Waals surface area contributed by atoms with Crippen LogP contribution in [0.3, 0.4) is 0 Å². The minimum absolute atomic E-state index is 0.639. The van der Waals surface area contributed by atoms with Gasteiger partial charge in [-0.3, -0.25) is 0 Å². The predicted molar refractivity (Wildman–Crippen MR) is 119 cm³/mol. The Balaban J connectivity index is 1.21. The molecule has 0 saturated carbocycles. The van der Waals surface area contributed by atoms with Crippen molar-refractivity contribution in [3.8, 4) is 5.75 Å². The summed E-state index contributed by atoms with van der Waals surface area (Å²) in [5.41, 5.74) is 2.91. The number of aromatic amines is 1. The Morgan fingerprint density at radius 2 is 1.73 bits per heavy atom. The third-order valence-corrected chi connectivity index (χ3v) is 5.52. The summed E-state index contributed by atoms with van der Waals surface area (Å²) >= 11 is 6.07. The van der Waals surface area contributed by atoms with Crippen LogP contribution in [0.25, 0.3) is 21.9 Å². The Bertz CT molecular complexity index is 1290. The number of hydrogen-bond acceptors (Lipinski definition) is 2. The predicted octanol–water partition coefficient (Wildman–Crippen LogP) is 5.91. The number of imidazole rings is 1. The van der Waals surface area contributed by atoms with Gasteiger partial charge in [-0.15, -0.1) is 0 Å². The van der Waals surface area contributed by atoms with Crippen LogP contribution < -0.4 is 9.30 Å². The molecule has 0 unspecified atom stereocenters. The van der Waals surface area contributed by atoms with E-state index in [-0.39, 0.29) is 0 Å². The molecule has 150 valence electrons. The number of fused-ring (bicyclic) bond motifs is 3. The zero-order valence-electron chi connectivity index (χ0n) is 16.5. The third kappa shape index (κ3) is 3.91. The van der Waals surface area contributed by atoms with Crippen LogP contribution in [0.1, 0.15) is 17.8 Å². The molecule has 5 rings (SSSR count). The van der Waals surface area contributed by atoms with Crippen LogP contribution in [-0.2, 0) is 13.0 Å². The Morgan fingerprint density at radius 1 is 0.933 bits per heavy atom. The standard InChI is InChI=1S/C25H21ClN2O2/c26-19-7-9-21-22-10-8-20(17-24(22)30-23(21)16-19)29-14-4-12-28-13-11-27-25(28)15-18-5-2-1-3-6-18/h1-3,5-11,13,16-17H,4,12,14-15H2/p+1. The van der Waals surface area contributed by atoms with Gasteiger partial charge >= 0.3 is 0 Å². The van der Waals surface area contributed by atoms with E-state index in [1.165, 1.54) is 11.4 Å². The normalized spacial score (nSPS) is 11.4. The summed E-state index contributed by atoms with van der Waals surface area (Å²) in [4.78, 5) is 3.35. The summed E-state index contributed by atoms with van der Waals surface area (Å²) in [6, 6.07) is 22.2. The lowest BCUT2D eigenvalue weighted by Gasteiger charge is -2.06. The van der Waals surface area contributed by atoms with E-state index in [1.807, 2.05) is 48.7 Å². The van der Waals surface area contributed by atoms with Crippen LogP contribution in [0.5, 0.6) is 5.75 Å². The second-order valence-corrected chi connectivity index (χ2v) is 7.80. The first-order valence-electron chi connectivity index (χ1n) is 10.1. The van der Waals surface area contributed by atoms with Gasteiger partial charge < -0.3 is 9.15 Å². The molecule has 0 spiro atoms. The molecule has 1 N–H and O–H groups in total. The third-order valence-electron chi connectivity index (χ3n) is 5.28. The lowest BCUT2D eigenvalue weighted by Crippen LogP contribution is -2.36. The highest BCUT2D eigenvalue weighted by Crippen LogP contribution is 2.32. The summed E-state index contributed by atoms with van der Waals surface area (Å²) < 4.78 is 14.2. The molecule has 0 saturated heterocycles. The van der Waals surface area contributed by atoms with Gasteiger partial charge in [0.1, 0.15) is 29.3 Å². The van der Waals surface area contributed by atoms with Crippen LogP contribution in [0.15, 0.2) is 83.5 Å². The van der Waals surface area contributed by atoms with Gasteiger partial charge in [-0.2, -0.15) is 0 Å². The fourth-order valence-corrected chi connectivity index (χ4v) is 3.96. The fraction of sp³-hybridized carbons (Fsp3) is 0.160. The number of H-pyrrole nitrogens is 1. The zero-order chi connectivity index (χ0) is 20.3. The number of furan rings is 1. The van der Waals surface area contributed by atoms with Crippen LogP contribution in [0.2, 0.25) is 5.02 Å². The topological polar surface area (TPSA) is 42.0 Å². The molecular weight excluding hydrogens is 396 g/mol. The van der Waals surface area contributed by atoms with Crippen molar-refractivity contribution < 1.29 is 13.7 Å². The van der Waals surface area contributed by atoms with Crippen LogP contribution >= 0.6 is 11.6 Å². The maximum Gasteiger partial charge on any atom is 0.258 e. The minimum Gasteiger partial charge on any atom is -0.493 e. The van der Waals surface area contributed by atoms with Crippen LogP contribution in [0, 0.1) is 0 Å². The molecule has 0 radical (unpaired) electrons. The lowest BCUT2D eigenvalue weighted by molar-refractivity contribution is -0.703. The number of halogens is 1. The van der Waals surface area contributed by atoms with Crippen molar-refractivity contribution >= 4 is 33.5 Å². The lowest BCUT2D eigenvalue weighted by atomic mass is 10.1. The first-order valence-corrected chi connectivity index (χ1v) is 10.5. The van der Waals surface area contributed by atoms with E-state index in [2.05, 4.69) is 40.0 Å². The second-order valence-electron chi connectivity index (χ2n) is 7.37. The van der Waals surface area contributed by atoms with E-state index >= 15 is 0 Å². The Morgan fingerprint density at radius 3 is 2.60 bits per heavy atom. The van der Waals surface area contributed by atoms with Gasteiger partial charge in [0.05, 0.1) is 19.6 Å². The molecule has 0 amide bonds. The second kappa shape index (κ2) is 8.25. The number of nitrogens with zero attached hydrogens (tertiary/aromatic N) is 1. The zero-order valence-corrected chi connectivity index (χ0v) is 17.2. The highest BCUT2D eigenvalue weighted by Gasteiger charge is 2.12. The molecule has 0 fully saturated rings. The van der Waals surface area contributed by atoms with Crippen molar-refractivity contribution in [1.29, 1.82) is 0 Å². The average Bonchev–Trinajstić information content (AvgIpc) is 3.34. The van der Waals surface area contributed by atoms with E-state index in [4.69, 9.17) is 20.8 Å². The molecule has 4 nitrogen and oxygen atoms in total. The van der Waals surface area contributed by atoms with Gasteiger partial charge in [-0.25, -0.2) is 9.55 Å². The van der Waals surface area contributed by atoms with Gasteiger partial charge in [0.15, 0.2) is 0 Å². The van der Waals surface area contributed by atoms with Crippen molar-refractivity contribution in [3.63, 3.8) is 0 Å². The first kappa shape index (κ1) is 18.8. The number of rotatable bonds is 7. The SMILES string of the molecule is Clc1ccc2c(c1)oc1cc(OCCC[n+]3cc[nH]c3Cc3ccccc3)ccc12. The highest BCUT2D eigenvalue weighted by atomic mass is 35.5. The molecule has 0 aliphatic rings. The summed E-state index contributed by atoms with van der Waals surface area (Å²) in [5.74, 6) is 2.01. The summed E-state index contributed by atoms with van der Waals surface area (Å²) in [7, 11) is 0. The molecular formula is C25H22ClN2O2+. The molecule has 0 bridgehead atoms. The van der Waals surface area contributed by atoms with Gasteiger partial charge in [0, 0.05) is 34.3 Å². The maximum absolute atomic E-state index is 6.07.